The first-order valence-corrected chi connectivity index (χ1v) is 13.3. The zero-order valence-corrected chi connectivity index (χ0v) is 20.9. The third-order valence-corrected chi connectivity index (χ3v) is 9.10. The van der Waals surface area contributed by atoms with E-state index in [1.807, 2.05) is 58.9 Å². The molecule has 1 aromatic heterocycles. The maximum atomic E-state index is 12.1. The Morgan fingerprint density at radius 3 is 2.23 bits per heavy atom. The molecule has 0 fully saturated rings. The van der Waals surface area contributed by atoms with Crippen LogP contribution in [0.1, 0.15) is 27.6 Å². The summed E-state index contributed by atoms with van der Waals surface area (Å²) in [5, 5.41) is 9.95. The summed E-state index contributed by atoms with van der Waals surface area (Å²) in [6, 6.07) is 27.4. The number of hydrogen-bond donors (Lipinski definition) is 1. The molecule has 4 nitrogen and oxygen atoms in total. The third kappa shape index (κ3) is 4.86. The number of methoxy groups -OCH3 is 1. The lowest BCUT2D eigenvalue weighted by atomic mass is 10.1. The molecular weight excluding hydrogens is 474 g/mol. The van der Waals surface area contributed by atoms with Gasteiger partial charge in [-0.25, -0.2) is 4.31 Å². The summed E-state index contributed by atoms with van der Waals surface area (Å²) < 4.78 is 7.20. The second kappa shape index (κ2) is 10.0. The highest BCUT2D eigenvalue weighted by Gasteiger charge is 2.35. The highest BCUT2D eigenvalue weighted by atomic mass is 32.2. The minimum atomic E-state index is -0.842. The van der Waals surface area contributed by atoms with Crippen LogP contribution in [0.5, 0.6) is 5.75 Å². The normalized spacial score (nSPS) is 16.3. The van der Waals surface area contributed by atoms with Crippen molar-refractivity contribution in [3.63, 3.8) is 0 Å². The number of thiophene rings is 1. The zero-order chi connectivity index (χ0) is 24.4. The van der Waals surface area contributed by atoms with Gasteiger partial charge >= 0.3 is 5.97 Å². The Labute approximate surface area is 211 Å². The van der Waals surface area contributed by atoms with Crippen LogP contribution in [0.2, 0.25) is 0 Å². The molecule has 0 saturated heterocycles. The number of aliphatic carboxylic acids is 1. The number of fused-ring (bicyclic) bond motifs is 1. The number of carboxylic acids is 1. The zero-order valence-electron chi connectivity index (χ0n) is 19.3. The van der Waals surface area contributed by atoms with Crippen LogP contribution in [0.15, 0.2) is 89.8 Å². The molecule has 35 heavy (non-hydrogen) atoms. The van der Waals surface area contributed by atoms with Crippen molar-refractivity contribution < 1.29 is 14.6 Å². The van der Waals surface area contributed by atoms with Crippen molar-refractivity contribution in [2.45, 2.75) is 17.5 Å². The number of carboxylic acid groups (broad SMARTS) is 1. The van der Waals surface area contributed by atoms with Crippen molar-refractivity contribution in [1.29, 1.82) is 0 Å². The molecule has 3 aromatic carbocycles. The van der Waals surface area contributed by atoms with Gasteiger partial charge in [-0.15, -0.1) is 11.3 Å². The van der Waals surface area contributed by atoms with Gasteiger partial charge in [0.15, 0.2) is 0 Å². The maximum absolute atomic E-state index is 12.1. The van der Waals surface area contributed by atoms with E-state index in [9.17, 15) is 9.90 Å². The van der Waals surface area contributed by atoms with Crippen LogP contribution < -0.4 is 4.74 Å². The quantitative estimate of drug-likeness (QED) is 0.216. The number of rotatable bonds is 7. The Morgan fingerprint density at radius 2 is 1.66 bits per heavy atom. The Hall–Kier alpha value is -3.45. The van der Waals surface area contributed by atoms with Gasteiger partial charge in [0.2, 0.25) is 0 Å². The molecule has 5 rings (SSSR count). The van der Waals surface area contributed by atoms with E-state index in [0.717, 1.165) is 32.9 Å². The van der Waals surface area contributed by atoms with Gasteiger partial charge in [0.25, 0.3) is 0 Å². The minimum Gasteiger partial charge on any atom is -0.497 e. The van der Waals surface area contributed by atoms with E-state index in [0.29, 0.717) is 6.54 Å². The lowest BCUT2D eigenvalue weighted by molar-refractivity contribution is -0.141. The van der Waals surface area contributed by atoms with Gasteiger partial charge in [-0.3, -0.25) is 4.79 Å². The summed E-state index contributed by atoms with van der Waals surface area (Å²) in [6.45, 7) is 0.598. The van der Waals surface area contributed by atoms with E-state index in [2.05, 4.69) is 48.4 Å². The molecule has 0 radical (unpaired) electrons. The summed E-state index contributed by atoms with van der Waals surface area (Å²) in [5.74, 6) is 4.36. The van der Waals surface area contributed by atoms with Crippen molar-refractivity contribution in [1.82, 2.24) is 4.31 Å². The lowest BCUT2D eigenvalue weighted by Gasteiger charge is -2.26. The molecule has 1 aliphatic heterocycles. The molecule has 0 bridgehead atoms. The fourth-order valence-corrected chi connectivity index (χ4v) is 7.38. The van der Waals surface area contributed by atoms with Crippen LogP contribution in [-0.4, -0.2) is 28.4 Å². The molecular formula is C29H25NO3S2. The molecule has 1 aliphatic rings. The molecule has 2 heterocycles. The van der Waals surface area contributed by atoms with Crippen LogP contribution in [0.25, 0.3) is 22.6 Å². The predicted molar refractivity (Wildman–Crippen MR) is 147 cm³/mol. The minimum absolute atomic E-state index is 0.528. The monoisotopic (exact) mass is 499 g/mol. The number of nitrogens with zero attached hydrogens (tertiary/aromatic N) is 1. The second-order valence-electron chi connectivity index (χ2n) is 8.22. The van der Waals surface area contributed by atoms with Crippen LogP contribution in [0.4, 0.5) is 0 Å². The number of hydrogen-bond acceptors (Lipinski definition) is 4. The number of ether oxygens (including phenoxy) is 1. The SMILES string of the molecule is C=S1c2cc(-c3ccc(/C=C/c4ccc(OC)cc4)cc3)sc2CN1C(C(=O)O)c1ccccc1. The van der Waals surface area contributed by atoms with Gasteiger partial charge in [-0.05, 0) is 40.5 Å². The largest absolute Gasteiger partial charge is 0.497 e. The Bertz CT molecular complexity index is 1390. The van der Waals surface area contributed by atoms with E-state index < -0.39 is 22.7 Å². The van der Waals surface area contributed by atoms with E-state index in [4.69, 9.17) is 4.74 Å². The first kappa shape index (κ1) is 23.3. The van der Waals surface area contributed by atoms with Gasteiger partial charge < -0.3 is 9.84 Å². The smallest absolute Gasteiger partial charge is 0.326 e. The van der Waals surface area contributed by atoms with Crippen LogP contribution >= 0.6 is 22.0 Å². The average molecular weight is 500 g/mol. The first-order chi connectivity index (χ1) is 17.0. The van der Waals surface area contributed by atoms with E-state index in [1.165, 1.54) is 9.75 Å². The molecule has 2 atom stereocenters. The summed E-state index contributed by atoms with van der Waals surface area (Å²) in [6.07, 6.45) is 4.18. The number of carbonyl (C=O) groups is 1. The number of benzene rings is 3. The molecule has 6 heteroatoms. The van der Waals surface area contributed by atoms with E-state index >= 15 is 0 Å². The molecule has 4 aromatic rings. The highest BCUT2D eigenvalue weighted by Crippen LogP contribution is 2.51. The van der Waals surface area contributed by atoms with Gasteiger partial charge in [0, 0.05) is 21.2 Å². The van der Waals surface area contributed by atoms with Gasteiger partial charge in [-0.2, -0.15) is 0 Å². The first-order valence-electron chi connectivity index (χ1n) is 11.2. The maximum Gasteiger partial charge on any atom is 0.326 e. The topological polar surface area (TPSA) is 49.8 Å². The highest BCUT2D eigenvalue weighted by molar-refractivity contribution is 8.12. The Morgan fingerprint density at radius 1 is 1.03 bits per heavy atom. The van der Waals surface area contributed by atoms with E-state index in [1.54, 1.807) is 18.4 Å². The van der Waals surface area contributed by atoms with Crippen molar-refractivity contribution in [3.8, 4) is 16.2 Å². The van der Waals surface area contributed by atoms with Crippen molar-refractivity contribution in [3.05, 3.63) is 106 Å². The summed E-state index contributed by atoms with van der Waals surface area (Å²) in [7, 11) is 1.14. The fourth-order valence-electron chi connectivity index (χ4n) is 4.16. The molecule has 0 amide bonds. The van der Waals surface area contributed by atoms with Gasteiger partial charge in [-0.1, -0.05) is 95.4 Å². The summed E-state index contributed by atoms with van der Waals surface area (Å²) in [4.78, 5) is 15.7. The molecule has 176 valence electrons. The molecule has 0 saturated carbocycles. The van der Waals surface area contributed by atoms with Crippen LogP contribution in [0.3, 0.4) is 0 Å². The molecule has 2 unspecified atom stereocenters. The van der Waals surface area contributed by atoms with Gasteiger partial charge in [0.05, 0.1) is 7.11 Å². The van der Waals surface area contributed by atoms with Crippen LogP contribution in [0, 0.1) is 0 Å². The Balaban J connectivity index is 1.31. The Kier molecular flexibility index (Phi) is 6.68. The molecule has 0 spiro atoms. The molecule has 0 aliphatic carbocycles. The fraction of sp³-hybridized carbons (Fsp3) is 0.103. The predicted octanol–water partition coefficient (Wildman–Crippen LogP) is 7.21. The standard InChI is InChI=1S/C29H25NO3S2/c1-33-24-16-12-21(13-17-24)9-8-20-10-14-22(15-11-20)25-18-27-26(34-25)19-30(35(27)2)28(29(31)32)23-6-4-3-5-7-23/h3-18,28H,2,19H2,1H3,(H,31,32)/b9-8+. The summed E-state index contributed by atoms with van der Waals surface area (Å²) >= 11 is 1.73. The van der Waals surface area contributed by atoms with E-state index in [-0.39, 0.29) is 0 Å². The lowest BCUT2D eigenvalue weighted by Crippen LogP contribution is -2.27. The average Bonchev–Trinajstić information content (AvgIpc) is 3.43. The second-order valence-corrected chi connectivity index (χ2v) is 11.0. The van der Waals surface area contributed by atoms with Gasteiger partial charge in [0.1, 0.15) is 11.8 Å². The van der Waals surface area contributed by atoms with Crippen molar-refractivity contribution in [2.75, 3.05) is 7.11 Å². The summed E-state index contributed by atoms with van der Waals surface area (Å²) in [5.41, 5.74) is 4.19. The van der Waals surface area contributed by atoms with Crippen LogP contribution in [-0.2, 0) is 11.3 Å². The third-order valence-electron chi connectivity index (χ3n) is 6.02. The van der Waals surface area contributed by atoms with Crippen molar-refractivity contribution >= 4 is 46.0 Å². The molecule has 1 N–H and O–H groups in total. The van der Waals surface area contributed by atoms with Crippen molar-refractivity contribution in [2.24, 2.45) is 0 Å².